The Bertz CT molecular complexity index is 52.5. The Labute approximate surface area is 63.6 Å². The molecule has 0 saturated heterocycles. The van der Waals surface area contributed by atoms with E-state index in [2.05, 4.69) is 13.8 Å². The highest BCUT2D eigenvalue weighted by Crippen LogP contribution is 2.20. The van der Waals surface area contributed by atoms with Crippen LogP contribution in [0.3, 0.4) is 0 Å². The molecule has 1 heteroatoms. The van der Waals surface area contributed by atoms with Crippen LogP contribution in [0.15, 0.2) is 0 Å². The molecule has 0 aliphatic rings. The van der Waals surface area contributed by atoms with Crippen molar-refractivity contribution in [1.82, 2.24) is 0 Å². The first-order chi connectivity index (χ1) is 4.31. The number of hydrogen-bond acceptors (Lipinski definition) is 0. The summed E-state index contributed by atoms with van der Waals surface area (Å²) in [4.78, 5) is 0. The summed E-state index contributed by atoms with van der Waals surface area (Å²) in [5.41, 5.74) is 0. The molecule has 0 atom stereocenters. The Balaban J connectivity index is 2.95. The van der Waals surface area contributed by atoms with Gasteiger partial charge in [-0.2, -0.15) is 0 Å². The fraction of sp³-hybridized carbons (Fsp3) is 0.875. The van der Waals surface area contributed by atoms with Gasteiger partial charge in [-0.25, -0.2) is 0 Å². The molecule has 0 bridgehead atoms. The standard InChI is InChI=1S/C8H16Cl/c1-3-5-7-8(9)6-4-2/h3-7H2,1-2H3. The molecule has 0 unspecified atom stereocenters. The van der Waals surface area contributed by atoms with Crippen molar-refractivity contribution in [1.29, 1.82) is 0 Å². The van der Waals surface area contributed by atoms with Crippen LogP contribution in [0, 0.1) is 5.38 Å². The molecular weight excluding hydrogens is 132 g/mol. The van der Waals surface area contributed by atoms with Gasteiger partial charge in [0.05, 0.1) is 5.38 Å². The molecule has 0 aromatic carbocycles. The van der Waals surface area contributed by atoms with Crippen LogP contribution in [0.25, 0.3) is 0 Å². The lowest BCUT2D eigenvalue weighted by Crippen LogP contribution is -1.86. The maximum absolute atomic E-state index is 5.88. The van der Waals surface area contributed by atoms with Gasteiger partial charge in [0, 0.05) is 0 Å². The summed E-state index contributed by atoms with van der Waals surface area (Å²) >= 11 is 5.88. The Hall–Kier alpha value is 0.290. The van der Waals surface area contributed by atoms with E-state index in [1.807, 2.05) is 0 Å². The van der Waals surface area contributed by atoms with Crippen molar-refractivity contribution in [2.45, 2.75) is 46.0 Å². The van der Waals surface area contributed by atoms with E-state index in [1.165, 1.54) is 19.3 Å². The van der Waals surface area contributed by atoms with E-state index in [1.54, 1.807) is 0 Å². The molecule has 1 radical (unpaired) electrons. The van der Waals surface area contributed by atoms with Gasteiger partial charge in [-0.05, 0) is 12.8 Å². The van der Waals surface area contributed by atoms with Crippen LogP contribution in [-0.4, -0.2) is 0 Å². The second-order valence-corrected chi connectivity index (χ2v) is 2.91. The Morgan fingerprint density at radius 1 is 1.11 bits per heavy atom. The Morgan fingerprint density at radius 3 is 2.22 bits per heavy atom. The predicted octanol–water partition coefficient (Wildman–Crippen LogP) is 3.75. The van der Waals surface area contributed by atoms with Gasteiger partial charge in [-0.3, -0.25) is 0 Å². The lowest BCUT2D eigenvalue weighted by molar-refractivity contribution is 0.715. The lowest BCUT2D eigenvalue weighted by Gasteiger charge is -2.03. The molecule has 0 aromatic rings. The molecule has 0 rings (SSSR count). The van der Waals surface area contributed by atoms with Crippen LogP contribution in [-0.2, 0) is 0 Å². The van der Waals surface area contributed by atoms with Gasteiger partial charge in [0.15, 0.2) is 0 Å². The molecule has 0 fully saturated rings. The van der Waals surface area contributed by atoms with Crippen LogP contribution >= 0.6 is 11.6 Å². The van der Waals surface area contributed by atoms with Crippen LogP contribution in [0.4, 0.5) is 0 Å². The molecule has 0 amide bonds. The zero-order valence-electron chi connectivity index (χ0n) is 6.41. The van der Waals surface area contributed by atoms with E-state index in [0.29, 0.717) is 0 Å². The van der Waals surface area contributed by atoms with Crippen molar-refractivity contribution in [2.24, 2.45) is 0 Å². The number of hydrogen-bond donors (Lipinski definition) is 0. The van der Waals surface area contributed by atoms with Crippen molar-refractivity contribution in [3.63, 3.8) is 0 Å². The molecule has 0 aromatic heterocycles. The van der Waals surface area contributed by atoms with Gasteiger partial charge in [0.1, 0.15) is 0 Å². The van der Waals surface area contributed by atoms with E-state index in [4.69, 9.17) is 11.6 Å². The summed E-state index contributed by atoms with van der Waals surface area (Å²) in [6.45, 7) is 4.35. The topological polar surface area (TPSA) is 0 Å². The molecule has 0 saturated carbocycles. The van der Waals surface area contributed by atoms with Gasteiger partial charge < -0.3 is 0 Å². The van der Waals surface area contributed by atoms with Crippen molar-refractivity contribution < 1.29 is 0 Å². The van der Waals surface area contributed by atoms with Crippen molar-refractivity contribution in [3.8, 4) is 0 Å². The van der Waals surface area contributed by atoms with Crippen LogP contribution in [0.2, 0.25) is 0 Å². The minimum absolute atomic E-state index is 1.10. The summed E-state index contributed by atoms with van der Waals surface area (Å²) in [5, 5.41) is 1.15. The number of halogens is 1. The fourth-order valence-corrected chi connectivity index (χ4v) is 1.09. The lowest BCUT2D eigenvalue weighted by atomic mass is 10.1. The molecule has 0 spiro atoms. The third-order valence-electron chi connectivity index (χ3n) is 1.32. The van der Waals surface area contributed by atoms with E-state index >= 15 is 0 Å². The first-order valence-electron chi connectivity index (χ1n) is 3.81. The second-order valence-electron chi connectivity index (χ2n) is 2.37. The van der Waals surface area contributed by atoms with Crippen molar-refractivity contribution in [2.75, 3.05) is 0 Å². The SMILES string of the molecule is CCCC[C](Cl)CCC. The fourth-order valence-electron chi connectivity index (χ4n) is 0.765. The summed E-state index contributed by atoms with van der Waals surface area (Å²) in [7, 11) is 0. The number of rotatable bonds is 5. The van der Waals surface area contributed by atoms with Gasteiger partial charge >= 0.3 is 0 Å². The molecule has 0 aliphatic carbocycles. The second kappa shape index (κ2) is 6.41. The average Bonchev–Trinajstić information content (AvgIpc) is 1.85. The highest BCUT2D eigenvalue weighted by atomic mass is 35.5. The molecule has 0 aliphatic heterocycles. The van der Waals surface area contributed by atoms with Gasteiger partial charge in [-0.15, -0.1) is 11.6 Å². The van der Waals surface area contributed by atoms with E-state index < -0.39 is 0 Å². The molecular formula is C8H16Cl. The molecule has 0 N–H and O–H groups in total. The Kier molecular flexibility index (Phi) is 6.62. The monoisotopic (exact) mass is 147 g/mol. The summed E-state index contributed by atoms with van der Waals surface area (Å²) in [6.07, 6.45) is 5.90. The van der Waals surface area contributed by atoms with Crippen LogP contribution in [0.5, 0.6) is 0 Å². The summed E-state index contributed by atoms with van der Waals surface area (Å²) < 4.78 is 0. The maximum Gasteiger partial charge on any atom is 0.0637 e. The average molecular weight is 148 g/mol. The van der Waals surface area contributed by atoms with E-state index in [-0.39, 0.29) is 0 Å². The van der Waals surface area contributed by atoms with E-state index in [9.17, 15) is 0 Å². The number of unbranched alkanes of at least 4 members (excludes halogenated alkanes) is 1. The van der Waals surface area contributed by atoms with Gasteiger partial charge in [0.25, 0.3) is 0 Å². The van der Waals surface area contributed by atoms with Crippen molar-refractivity contribution >= 4 is 11.6 Å². The van der Waals surface area contributed by atoms with E-state index in [0.717, 1.165) is 18.2 Å². The van der Waals surface area contributed by atoms with Crippen LogP contribution < -0.4 is 0 Å². The first kappa shape index (κ1) is 9.29. The minimum atomic E-state index is 1.10. The molecule has 9 heavy (non-hydrogen) atoms. The zero-order chi connectivity index (χ0) is 7.11. The molecule has 55 valence electrons. The third-order valence-corrected chi connectivity index (χ3v) is 1.70. The normalized spacial score (nSPS) is 10.7. The maximum atomic E-state index is 5.88. The summed E-state index contributed by atoms with van der Waals surface area (Å²) in [6, 6.07) is 0. The van der Waals surface area contributed by atoms with Crippen LogP contribution in [0.1, 0.15) is 46.0 Å². The highest BCUT2D eigenvalue weighted by molar-refractivity contribution is 6.26. The predicted molar refractivity (Wildman–Crippen MR) is 43.5 cm³/mol. The quantitative estimate of drug-likeness (QED) is 0.556. The zero-order valence-corrected chi connectivity index (χ0v) is 7.17. The minimum Gasteiger partial charge on any atom is -0.117 e. The smallest absolute Gasteiger partial charge is 0.0637 e. The third kappa shape index (κ3) is 6.17. The molecule has 0 nitrogen and oxygen atoms in total. The van der Waals surface area contributed by atoms with Gasteiger partial charge in [0.2, 0.25) is 0 Å². The summed E-state index contributed by atoms with van der Waals surface area (Å²) in [5.74, 6) is 0. The first-order valence-corrected chi connectivity index (χ1v) is 4.19. The Morgan fingerprint density at radius 2 is 1.78 bits per heavy atom. The molecule has 0 heterocycles. The van der Waals surface area contributed by atoms with Gasteiger partial charge in [-0.1, -0.05) is 33.1 Å². The largest absolute Gasteiger partial charge is 0.117 e. The van der Waals surface area contributed by atoms with Crippen molar-refractivity contribution in [3.05, 3.63) is 5.38 Å². The highest BCUT2D eigenvalue weighted by Gasteiger charge is 2.01.